The number of rotatable bonds is 2. The minimum Gasteiger partial charge on any atom is -0.319 e. The molecule has 0 bridgehead atoms. The van der Waals surface area contributed by atoms with E-state index in [0.29, 0.717) is 5.15 Å². The van der Waals surface area contributed by atoms with E-state index < -0.39 is 0 Å². The van der Waals surface area contributed by atoms with Crippen molar-refractivity contribution >= 4 is 11.6 Å². The zero-order valence-electron chi connectivity index (χ0n) is 6.00. The summed E-state index contributed by atoms with van der Waals surface area (Å²) < 4.78 is 0. The maximum atomic E-state index is 5.64. The van der Waals surface area contributed by atoms with Crippen LogP contribution in [0.5, 0.6) is 0 Å². The van der Waals surface area contributed by atoms with Crippen molar-refractivity contribution in [1.82, 2.24) is 4.98 Å². The van der Waals surface area contributed by atoms with E-state index in [1.807, 2.05) is 12.1 Å². The summed E-state index contributed by atoms with van der Waals surface area (Å²) in [5.41, 5.74) is 6.37. The fourth-order valence-electron chi connectivity index (χ4n) is 0.730. The first-order valence-corrected chi connectivity index (χ1v) is 3.62. The van der Waals surface area contributed by atoms with Crippen LogP contribution in [0.3, 0.4) is 0 Å². The maximum absolute atomic E-state index is 5.64. The zero-order valence-corrected chi connectivity index (χ0v) is 6.75. The fraction of sp³-hybridized carbons (Fsp3) is 0.125. The second-order valence-corrected chi connectivity index (χ2v) is 2.53. The van der Waals surface area contributed by atoms with Gasteiger partial charge in [-0.1, -0.05) is 23.7 Å². The molecule has 11 heavy (non-hydrogen) atoms. The van der Waals surface area contributed by atoms with Crippen LogP contribution in [0.4, 0.5) is 0 Å². The largest absolute Gasteiger partial charge is 0.319 e. The molecule has 0 unspecified atom stereocenters. The second-order valence-electron chi connectivity index (χ2n) is 2.15. The molecule has 1 aromatic heterocycles. The van der Waals surface area contributed by atoms with Crippen molar-refractivity contribution in [3.8, 4) is 0 Å². The van der Waals surface area contributed by atoms with Crippen LogP contribution >= 0.6 is 11.6 Å². The molecule has 0 spiro atoms. The molecule has 1 heterocycles. The van der Waals surface area contributed by atoms with E-state index in [1.165, 1.54) is 0 Å². The lowest BCUT2D eigenvalue weighted by Crippen LogP contribution is -2.08. The van der Waals surface area contributed by atoms with Crippen molar-refractivity contribution < 1.29 is 0 Å². The van der Waals surface area contributed by atoms with Crippen LogP contribution in [0.25, 0.3) is 0 Å². The number of pyridine rings is 1. The Hall–Kier alpha value is -0.860. The molecule has 0 fully saturated rings. The van der Waals surface area contributed by atoms with E-state index in [1.54, 1.807) is 12.1 Å². The second kappa shape index (κ2) is 3.51. The molecular weight excluding hydrogens is 160 g/mol. The van der Waals surface area contributed by atoms with Gasteiger partial charge in [0.2, 0.25) is 0 Å². The minimum absolute atomic E-state index is 0.228. The highest BCUT2D eigenvalue weighted by Crippen LogP contribution is 2.11. The van der Waals surface area contributed by atoms with Gasteiger partial charge in [-0.3, -0.25) is 0 Å². The molecule has 0 saturated carbocycles. The lowest BCUT2D eigenvalue weighted by Gasteiger charge is -2.03. The van der Waals surface area contributed by atoms with Crippen LogP contribution < -0.4 is 5.73 Å². The first-order chi connectivity index (χ1) is 5.24. The quantitative estimate of drug-likeness (QED) is 0.541. The number of aromatic nitrogens is 1. The molecule has 1 atom stereocenters. The van der Waals surface area contributed by atoms with E-state index in [2.05, 4.69) is 11.6 Å². The Morgan fingerprint density at radius 2 is 2.36 bits per heavy atom. The molecule has 3 heteroatoms. The molecule has 0 saturated heterocycles. The Kier molecular flexibility index (Phi) is 2.63. The van der Waals surface area contributed by atoms with Gasteiger partial charge in [-0.05, 0) is 12.1 Å². The smallest absolute Gasteiger partial charge is 0.129 e. The Balaban J connectivity index is 2.95. The molecule has 2 nitrogen and oxygen atoms in total. The van der Waals surface area contributed by atoms with Gasteiger partial charge >= 0.3 is 0 Å². The van der Waals surface area contributed by atoms with Crippen molar-refractivity contribution in [3.63, 3.8) is 0 Å². The normalized spacial score (nSPS) is 12.5. The first-order valence-electron chi connectivity index (χ1n) is 3.24. The predicted molar refractivity (Wildman–Crippen MR) is 46.4 cm³/mol. The SMILES string of the molecule is C=C[C@@H](N)c1cccc(Cl)n1. The summed E-state index contributed by atoms with van der Waals surface area (Å²) in [6, 6.07) is 5.11. The molecule has 1 aromatic rings. The highest BCUT2D eigenvalue weighted by Gasteiger charge is 2.01. The van der Waals surface area contributed by atoms with Gasteiger partial charge in [-0.25, -0.2) is 4.98 Å². The van der Waals surface area contributed by atoms with E-state index >= 15 is 0 Å². The molecule has 0 radical (unpaired) electrons. The van der Waals surface area contributed by atoms with Gasteiger partial charge < -0.3 is 5.73 Å². The van der Waals surface area contributed by atoms with E-state index in [4.69, 9.17) is 17.3 Å². The van der Waals surface area contributed by atoms with Crippen LogP contribution in [0.1, 0.15) is 11.7 Å². The molecule has 1 rings (SSSR count). The molecule has 2 N–H and O–H groups in total. The highest BCUT2D eigenvalue weighted by atomic mass is 35.5. The standard InChI is InChI=1S/C8H9ClN2/c1-2-6(10)7-4-3-5-8(9)11-7/h2-6H,1,10H2/t6-/m1/s1. The van der Waals surface area contributed by atoms with Crippen molar-refractivity contribution in [2.24, 2.45) is 5.73 Å². The Morgan fingerprint density at radius 3 is 2.91 bits per heavy atom. The summed E-state index contributed by atoms with van der Waals surface area (Å²) in [6.07, 6.45) is 1.62. The van der Waals surface area contributed by atoms with Crippen LogP contribution in [0.15, 0.2) is 30.9 Å². The Morgan fingerprint density at radius 1 is 1.64 bits per heavy atom. The van der Waals surface area contributed by atoms with Crippen LogP contribution in [-0.2, 0) is 0 Å². The summed E-state index contributed by atoms with van der Waals surface area (Å²) in [5.74, 6) is 0. The molecule has 0 aliphatic carbocycles. The third kappa shape index (κ3) is 2.03. The maximum Gasteiger partial charge on any atom is 0.129 e. The number of hydrogen-bond acceptors (Lipinski definition) is 2. The van der Waals surface area contributed by atoms with Crippen molar-refractivity contribution in [2.45, 2.75) is 6.04 Å². The molecule has 0 amide bonds. The number of halogens is 1. The summed E-state index contributed by atoms with van der Waals surface area (Å²) in [5, 5.41) is 0.458. The Bertz CT molecular complexity index is 260. The summed E-state index contributed by atoms with van der Waals surface area (Å²) in [4.78, 5) is 4.01. The van der Waals surface area contributed by atoms with Gasteiger partial charge in [0.25, 0.3) is 0 Å². The molecule has 0 aliphatic heterocycles. The average Bonchev–Trinajstić information content (AvgIpc) is 2.03. The first kappa shape index (κ1) is 8.24. The lowest BCUT2D eigenvalue weighted by atomic mass is 10.2. The number of hydrogen-bond donors (Lipinski definition) is 1. The van der Waals surface area contributed by atoms with Gasteiger partial charge in [0.05, 0.1) is 11.7 Å². The molecule has 0 aliphatic rings. The molecule has 0 aromatic carbocycles. The van der Waals surface area contributed by atoms with Crippen LogP contribution in [0.2, 0.25) is 5.15 Å². The summed E-state index contributed by atoms with van der Waals surface area (Å²) in [6.45, 7) is 3.56. The average molecular weight is 169 g/mol. The van der Waals surface area contributed by atoms with Crippen LogP contribution in [0, 0.1) is 0 Å². The van der Waals surface area contributed by atoms with Gasteiger partial charge in [-0.15, -0.1) is 6.58 Å². The fourth-order valence-corrected chi connectivity index (χ4v) is 0.901. The third-order valence-electron chi connectivity index (χ3n) is 1.33. The summed E-state index contributed by atoms with van der Waals surface area (Å²) in [7, 11) is 0. The van der Waals surface area contributed by atoms with Gasteiger partial charge in [0.15, 0.2) is 0 Å². The van der Waals surface area contributed by atoms with E-state index in [0.717, 1.165) is 5.69 Å². The van der Waals surface area contributed by atoms with Crippen molar-refractivity contribution in [2.75, 3.05) is 0 Å². The van der Waals surface area contributed by atoms with E-state index in [-0.39, 0.29) is 6.04 Å². The lowest BCUT2D eigenvalue weighted by molar-refractivity contribution is 0.864. The highest BCUT2D eigenvalue weighted by molar-refractivity contribution is 6.29. The molecular formula is C8H9ClN2. The minimum atomic E-state index is -0.228. The summed E-state index contributed by atoms with van der Waals surface area (Å²) >= 11 is 5.64. The number of nitrogens with zero attached hydrogens (tertiary/aromatic N) is 1. The number of nitrogens with two attached hydrogens (primary N) is 1. The molecule has 58 valence electrons. The van der Waals surface area contributed by atoms with Crippen molar-refractivity contribution in [1.29, 1.82) is 0 Å². The zero-order chi connectivity index (χ0) is 8.27. The van der Waals surface area contributed by atoms with Crippen LogP contribution in [-0.4, -0.2) is 4.98 Å². The van der Waals surface area contributed by atoms with Crippen molar-refractivity contribution in [3.05, 3.63) is 41.7 Å². The topological polar surface area (TPSA) is 38.9 Å². The van der Waals surface area contributed by atoms with E-state index in [9.17, 15) is 0 Å². The predicted octanol–water partition coefficient (Wildman–Crippen LogP) is 1.92. The monoisotopic (exact) mass is 168 g/mol. The van der Waals surface area contributed by atoms with Gasteiger partial charge in [0, 0.05) is 0 Å². The van der Waals surface area contributed by atoms with Gasteiger partial charge in [-0.2, -0.15) is 0 Å². The van der Waals surface area contributed by atoms with Gasteiger partial charge in [0.1, 0.15) is 5.15 Å². The third-order valence-corrected chi connectivity index (χ3v) is 1.54. The Labute approximate surface area is 70.7 Å².